The molecule has 0 aliphatic heterocycles. The lowest BCUT2D eigenvalue weighted by Gasteiger charge is -2.17. The number of benzene rings is 1. The highest BCUT2D eigenvalue weighted by atomic mass is 19.4. The molecule has 3 nitrogen and oxygen atoms in total. The van der Waals surface area contributed by atoms with Crippen LogP contribution in [0.3, 0.4) is 0 Å². The van der Waals surface area contributed by atoms with Gasteiger partial charge in [-0.1, -0.05) is 19.1 Å². The number of aromatic nitrogens is 2. The van der Waals surface area contributed by atoms with E-state index in [1.165, 1.54) is 12.1 Å². The van der Waals surface area contributed by atoms with E-state index in [2.05, 4.69) is 4.98 Å². The van der Waals surface area contributed by atoms with Crippen LogP contribution in [0.4, 0.5) is 13.2 Å². The van der Waals surface area contributed by atoms with E-state index < -0.39 is 11.7 Å². The summed E-state index contributed by atoms with van der Waals surface area (Å²) in [7, 11) is 0. The lowest BCUT2D eigenvalue weighted by atomic mass is 10.1. The fourth-order valence-electron chi connectivity index (χ4n) is 2.44. The minimum absolute atomic E-state index is 0.144. The first-order chi connectivity index (χ1) is 10.3. The summed E-state index contributed by atoms with van der Waals surface area (Å²) < 4.78 is 39.9. The Hall–Kier alpha value is -1.82. The van der Waals surface area contributed by atoms with Gasteiger partial charge in [0.15, 0.2) is 0 Å². The average molecular weight is 312 g/mol. The molecule has 6 heteroatoms. The highest BCUT2D eigenvalue weighted by Crippen LogP contribution is 2.32. The standard InChI is InChI=1S/C16H19F3N2O/c1-4-10(2)21-11(3)14(9-22)20-15(21)12-5-7-13(8-6-12)16(17,18)19/h5-8,10,22H,4,9H2,1-3H3. The summed E-state index contributed by atoms with van der Waals surface area (Å²) in [5, 5.41) is 9.38. The van der Waals surface area contributed by atoms with Crippen LogP contribution in [0.25, 0.3) is 11.4 Å². The molecule has 0 spiro atoms. The van der Waals surface area contributed by atoms with Crippen molar-refractivity contribution in [3.63, 3.8) is 0 Å². The predicted octanol–water partition coefficient (Wildman–Crippen LogP) is 4.34. The molecule has 1 unspecified atom stereocenters. The number of halogens is 3. The van der Waals surface area contributed by atoms with Gasteiger partial charge in [0, 0.05) is 17.3 Å². The van der Waals surface area contributed by atoms with E-state index in [1.807, 2.05) is 25.3 Å². The van der Waals surface area contributed by atoms with E-state index in [4.69, 9.17) is 0 Å². The van der Waals surface area contributed by atoms with Crippen LogP contribution in [0.15, 0.2) is 24.3 Å². The summed E-state index contributed by atoms with van der Waals surface area (Å²) in [5.41, 5.74) is 1.31. The first kappa shape index (κ1) is 16.5. The van der Waals surface area contributed by atoms with Gasteiger partial charge in [0.2, 0.25) is 0 Å². The van der Waals surface area contributed by atoms with E-state index in [0.29, 0.717) is 17.1 Å². The highest BCUT2D eigenvalue weighted by molar-refractivity contribution is 5.58. The zero-order valence-corrected chi connectivity index (χ0v) is 12.8. The Bertz CT molecular complexity index is 645. The van der Waals surface area contributed by atoms with E-state index in [1.54, 1.807) is 0 Å². The second-order valence-corrected chi connectivity index (χ2v) is 5.33. The Balaban J connectivity index is 2.52. The Labute approximate surface area is 127 Å². The molecule has 2 aromatic rings. The van der Waals surface area contributed by atoms with Crippen molar-refractivity contribution in [3.8, 4) is 11.4 Å². The molecular weight excluding hydrogens is 293 g/mol. The maximum atomic E-state index is 12.7. The minimum atomic E-state index is -4.35. The number of rotatable bonds is 4. The van der Waals surface area contributed by atoms with Gasteiger partial charge >= 0.3 is 6.18 Å². The SMILES string of the molecule is CCC(C)n1c(-c2ccc(C(F)(F)F)cc2)nc(CO)c1C. The van der Waals surface area contributed by atoms with Crippen LogP contribution in [-0.4, -0.2) is 14.7 Å². The number of aliphatic hydroxyl groups is 1. The average Bonchev–Trinajstić information content (AvgIpc) is 2.82. The summed E-state index contributed by atoms with van der Waals surface area (Å²) in [6.45, 7) is 5.71. The molecule has 0 amide bonds. The van der Waals surface area contributed by atoms with Gasteiger partial charge in [-0.05, 0) is 32.4 Å². The largest absolute Gasteiger partial charge is 0.416 e. The molecule has 0 aliphatic carbocycles. The smallest absolute Gasteiger partial charge is 0.390 e. The third-order valence-electron chi connectivity index (χ3n) is 3.90. The summed E-state index contributed by atoms with van der Waals surface area (Å²) in [6, 6.07) is 5.10. The van der Waals surface area contributed by atoms with E-state index in [9.17, 15) is 18.3 Å². The van der Waals surface area contributed by atoms with E-state index in [0.717, 1.165) is 24.2 Å². The van der Waals surface area contributed by atoms with Gasteiger partial charge in [-0.2, -0.15) is 13.2 Å². The van der Waals surface area contributed by atoms with Crippen LogP contribution in [0.5, 0.6) is 0 Å². The molecule has 0 aliphatic rings. The van der Waals surface area contributed by atoms with Crippen molar-refractivity contribution in [1.82, 2.24) is 9.55 Å². The molecular formula is C16H19F3N2O. The maximum Gasteiger partial charge on any atom is 0.416 e. The second kappa shape index (κ2) is 6.12. The van der Waals surface area contributed by atoms with Crippen LogP contribution in [0, 0.1) is 6.92 Å². The number of hydrogen-bond acceptors (Lipinski definition) is 2. The van der Waals surface area contributed by atoms with E-state index >= 15 is 0 Å². The molecule has 1 atom stereocenters. The van der Waals surface area contributed by atoms with Crippen LogP contribution in [0.1, 0.15) is 43.3 Å². The predicted molar refractivity (Wildman–Crippen MR) is 78.3 cm³/mol. The third-order valence-corrected chi connectivity index (χ3v) is 3.90. The number of aliphatic hydroxyl groups excluding tert-OH is 1. The van der Waals surface area contributed by atoms with Crippen molar-refractivity contribution < 1.29 is 18.3 Å². The number of nitrogens with zero attached hydrogens (tertiary/aromatic N) is 2. The van der Waals surface area contributed by atoms with Crippen molar-refractivity contribution in [2.75, 3.05) is 0 Å². The number of hydrogen-bond donors (Lipinski definition) is 1. The molecule has 1 N–H and O–H groups in total. The van der Waals surface area contributed by atoms with Crippen LogP contribution in [-0.2, 0) is 12.8 Å². The van der Waals surface area contributed by atoms with Crippen LogP contribution in [0.2, 0.25) is 0 Å². The summed E-state index contributed by atoms with van der Waals surface area (Å²) in [4.78, 5) is 4.39. The molecule has 0 radical (unpaired) electrons. The molecule has 22 heavy (non-hydrogen) atoms. The molecule has 1 aromatic heterocycles. The third kappa shape index (κ3) is 3.02. The van der Waals surface area contributed by atoms with Crippen LogP contribution >= 0.6 is 0 Å². The van der Waals surface area contributed by atoms with Gasteiger partial charge < -0.3 is 9.67 Å². The van der Waals surface area contributed by atoms with Crippen molar-refractivity contribution in [2.45, 2.75) is 46.0 Å². The van der Waals surface area contributed by atoms with Crippen molar-refractivity contribution in [1.29, 1.82) is 0 Å². The fraction of sp³-hybridized carbons (Fsp3) is 0.438. The second-order valence-electron chi connectivity index (χ2n) is 5.33. The molecule has 0 fully saturated rings. The van der Waals surface area contributed by atoms with Gasteiger partial charge in [-0.15, -0.1) is 0 Å². The maximum absolute atomic E-state index is 12.7. The van der Waals surface area contributed by atoms with Gasteiger partial charge in [-0.3, -0.25) is 0 Å². The number of alkyl halides is 3. The first-order valence-electron chi connectivity index (χ1n) is 7.15. The van der Waals surface area contributed by atoms with Crippen molar-refractivity contribution in [3.05, 3.63) is 41.2 Å². The first-order valence-corrected chi connectivity index (χ1v) is 7.15. The zero-order chi connectivity index (χ0) is 16.5. The van der Waals surface area contributed by atoms with Gasteiger partial charge in [0.25, 0.3) is 0 Å². The van der Waals surface area contributed by atoms with Gasteiger partial charge in [0.1, 0.15) is 5.82 Å². The lowest BCUT2D eigenvalue weighted by Crippen LogP contribution is -2.08. The van der Waals surface area contributed by atoms with Crippen LogP contribution < -0.4 is 0 Å². The van der Waals surface area contributed by atoms with E-state index in [-0.39, 0.29) is 12.6 Å². The highest BCUT2D eigenvalue weighted by Gasteiger charge is 2.30. The Kier molecular flexibility index (Phi) is 4.60. The summed E-state index contributed by atoms with van der Waals surface area (Å²) in [5.74, 6) is 0.588. The number of imidazole rings is 1. The summed E-state index contributed by atoms with van der Waals surface area (Å²) >= 11 is 0. The Morgan fingerprint density at radius 1 is 1.23 bits per heavy atom. The molecule has 0 saturated heterocycles. The normalized spacial score (nSPS) is 13.4. The topological polar surface area (TPSA) is 38.0 Å². The van der Waals surface area contributed by atoms with Gasteiger partial charge in [-0.25, -0.2) is 4.98 Å². The van der Waals surface area contributed by atoms with Crippen molar-refractivity contribution >= 4 is 0 Å². The van der Waals surface area contributed by atoms with Crippen molar-refractivity contribution in [2.24, 2.45) is 0 Å². The minimum Gasteiger partial charge on any atom is -0.390 e. The molecule has 0 saturated carbocycles. The van der Waals surface area contributed by atoms with Gasteiger partial charge in [0.05, 0.1) is 17.9 Å². The fourth-order valence-corrected chi connectivity index (χ4v) is 2.44. The molecule has 120 valence electrons. The molecule has 2 rings (SSSR count). The molecule has 1 aromatic carbocycles. The Morgan fingerprint density at radius 3 is 2.27 bits per heavy atom. The summed E-state index contributed by atoms with van der Waals surface area (Å²) in [6.07, 6.45) is -3.49. The lowest BCUT2D eigenvalue weighted by molar-refractivity contribution is -0.137. The molecule has 1 heterocycles. The quantitative estimate of drug-likeness (QED) is 0.912. The molecule has 0 bridgehead atoms. The Morgan fingerprint density at radius 2 is 1.82 bits per heavy atom. The zero-order valence-electron chi connectivity index (χ0n) is 12.8. The monoisotopic (exact) mass is 312 g/mol.